The quantitative estimate of drug-likeness (QED) is 0.789. The van der Waals surface area contributed by atoms with Gasteiger partial charge in [0.25, 0.3) is 0 Å². The van der Waals surface area contributed by atoms with Crippen LogP contribution in [0.15, 0.2) is 0 Å². The van der Waals surface area contributed by atoms with Crippen LogP contribution in [0.25, 0.3) is 0 Å². The molecule has 18 heavy (non-hydrogen) atoms. The standard InChI is InChI=1S/C14H27N3O/c1-11(2)17-8-3-4-12(7-9-17)15-10-13-5-6-14(18)16-13/h11-13,15H,3-10H2,1-2H3,(H,16,18). The summed E-state index contributed by atoms with van der Waals surface area (Å²) in [7, 11) is 0. The zero-order valence-corrected chi connectivity index (χ0v) is 11.7. The number of carbonyl (C=O) groups is 1. The second-order valence-corrected chi connectivity index (χ2v) is 5.97. The van der Waals surface area contributed by atoms with Crippen molar-refractivity contribution in [3.8, 4) is 0 Å². The molecule has 1 amide bonds. The number of nitrogens with zero attached hydrogens (tertiary/aromatic N) is 1. The summed E-state index contributed by atoms with van der Waals surface area (Å²) in [5.41, 5.74) is 0. The van der Waals surface area contributed by atoms with Gasteiger partial charge in [0.05, 0.1) is 0 Å². The van der Waals surface area contributed by atoms with Gasteiger partial charge in [-0.05, 0) is 52.6 Å². The first-order valence-corrected chi connectivity index (χ1v) is 7.42. The highest BCUT2D eigenvalue weighted by Crippen LogP contribution is 2.14. The van der Waals surface area contributed by atoms with Gasteiger partial charge in [-0.3, -0.25) is 4.79 Å². The van der Waals surface area contributed by atoms with Crippen LogP contribution in [0.3, 0.4) is 0 Å². The molecule has 4 nitrogen and oxygen atoms in total. The Balaban J connectivity index is 1.69. The van der Waals surface area contributed by atoms with Crippen LogP contribution in [-0.2, 0) is 4.79 Å². The van der Waals surface area contributed by atoms with E-state index in [-0.39, 0.29) is 5.91 Å². The summed E-state index contributed by atoms with van der Waals surface area (Å²) < 4.78 is 0. The van der Waals surface area contributed by atoms with Crippen LogP contribution in [-0.4, -0.2) is 48.6 Å². The number of rotatable bonds is 4. The van der Waals surface area contributed by atoms with Crippen molar-refractivity contribution < 1.29 is 4.79 Å². The molecule has 2 heterocycles. The minimum absolute atomic E-state index is 0.216. The highest BCUT2D eigenvalue weighted by molar-refractivity contribution is 5.78. The number of carbonyl (C=O) groups excluding carboxylic acids is 1. The van der Waals surface area contributed by atoms with Crippen LogP contribution in [0, 0.1) is 0 Å². The van der Waals surface area contributed by atoms with Crippen molar-refractivity contribution >= 4 is 5.91 Å². The van der Waals surface area contributed by atoms with Crippen molar-refractivity contribution in [3.63, 3.8) is 0 Å². The van der Waals surface area contributed by atoms with E-state index in [2.05, 4.69) is 29.4 Å². The van der Waals surface area contributed by atoms with E-state index in [9.17, 15) is 4.79 Å². The van der Waals surface area contributed by atoms with Gasteiger partial charge < -0.3 is 15.5 Å². The number of hydrogen-bond donors (Lipinski definition) is 2. The zero-order valence-electron chi connectivity index (χ0n) is 11.7. The van der Waals surface area contributed by atoms with Crippen molar-refractivity contribution in [2.75, 3.05) is 19.6 Å². The minimum Gasteiger partial charge on any atom is -0.352 e. The summed E-state index contributed by atoms with van der Waals surface area (Å²) in [4.78, 5) is 13.7. The lowest BCUT2D eigenvalue weighted by atomic mass is 10.1. The normalized spacial score (nSPS) is 30.5. The fourth-order valence-corrected chi connectivity index (χ4v) is 2.98. The van der Waals surface area contributed by atoms with E-state index < -0.39 is 0 Å². The molecule has 0 spiro atoms. The van der Waals surface area contributed by atoms with Gasteiger partial charge in [0.15, 0.2) is 0 Å². The van der Waals surface area contributed by atoms with E-state index in [1.807, 2.05) is 0 Å². The minimum atomic E-state index is 0.216. The summed E-state index contributed by atoms with van der Waals surface area (Å²) in [6.07, 6.45) is 5.49. The summed E-state index contributed by atoms with van der Waals surface area (Å²) in [5, 5.41) is 6.67. The molecule has 2 aliphatic heterocycles. The van der Waals surface area contributed by atoms with Gasteiger partial charge in [0, 0.05) is 31.1 Å². The van der Waals surface area contributed by atoms with Crippen LogP contribution in [0.5, 0.6) is 0 Å². The van der Waals surface area contributed by atoms with Gasteiger partial charge in [0.1, 0.15) is 0 Å². The third-order valence-electron chi connectivity index (χ3n) is 4.23. The number of hydrogen-bond acceptors (Lipinski definition) is 3. The molecule has 0 aromatic rings. The number of amides is 1. The van der Waals surface area contributed by atoms with Gasteiger partial charge in [-0.25, -0.2) is 0 Å². The molecule has 0 radical (unpaired) electrons. The van der Waals surface area contributed by atoms with E-state index in [1.165, 1.54) is 32.4 Å². The Hall–Kier alpha value is -0.610. The Morgan fingerprint density at radius 2 is 2.17 bits per heavy atom. The van der Waals surface area contributed by atoms with Crippen molar-refractivity contribution in [2.45, 2.75) is 64.1 Å². The number of nitrogens with one attached hydrogen (secondary N) is 2. The third-order valence-corrected chi connectivity index (χ3v) is 4.23. The molecule has 0 bridgehead atoms. The van der Waals surface area contributed by atoms with Crippen LogP contribution < -0.4 is 10.6 Å². The summed E-state index contributed by atoms with van der Waals surface area (Å²) in [6, 6.07) is 1.66. The summed E-state index contributed by atoms with van der Waals surface area (Å²) >= 11 is 0. The lowest BCUT2D eigenvalue weighted by Gasteiger charge is -2.24. The molecular formula is C14H27N3O. The van der Waals surface area contributed by atoms with Gasteiger partial charge in [0.2, 0.25) is 5.91 Å². The maximum atomic E-state index is 11.1. The molecule has 0 aliphatic carbocycles. The van der Waals surface area contributed by atoms with Crippen molar-refractivity contribution in [1.82, 2.24) is 15.5 Å². The lowest BCUT2D eigenvalue weighted by molar-refractivity contribution is -0.119. The fraction of sp³-hybridized carbons (Fsp3) is 0.929. The van der Waals surface area contributed by atoms with Crippen molar-refractivity contribution in [1.29, 1.82) is 0 Å². The molecule has 0 aromatic carbocycles. The van der Waals surface area contributed by atoms with Crippen molar-refractivity contribution in [2.24, 2.45) is 0 Å². The molecule has 2 aliphatic rings. The van der Waals surface area contributed by atoms with Gasteiger partial charge in [-0.15, -0.1) is 0 Å². The molecular weight excluding hydrogens is 226 g/mol. The number of likely N-dealkylation sites (tertiary alicyclic amines) is 1. The first kappa shape index (κ1) is 13.8. The third kappa shape index (κ3) is 3.95. The van der Waals surface area contributed by atoms with E-state index in [0.29, 0.717) is 24.5 Å². The largest absolute Gasteiger partial charge is 0.352 e. The van der Waals surface area contributed by atoms with Crippen molar-refractivity contribution in [3.05, 3.63) is 0 Å². The molecule has 104 valence electrons. The predicted octanol–water partition coefficient (Wildman–Crippen LogP) is 1.12. The molecule has 2 atom stereocenters. The first-order chi connectivity index (χ1) is 8.65. The molecule has 2 rings (SSSR count). The van der Waals surface area contributed by atoms with Crippen LogP contribution in [0.2, 0.25) is 0 Å². The maximum absolute atomic E-state index is 11.1. The van der Waals surface area contributed by atoms with Crippen LogP contribution >= 0.6 is 0 Å². The molecule has 2 fully saturated rings. The fourth-order valence-electron chi connectivity index (χ4n) is 2.98. The molecule has 2 N–H and O–H groups in total. The van der Waals surface area contributed by atoms with E-state index in [4.69, 9.17) is 0 Å². The molecule has 0 saturated carbocycles. The summed E-state index contributed by atoms with van der Waals surface area (Å²) in [5.74, 6) is 0.216. The monoisotopic (exact) mass is 253 g/mol. The molecule has 0 aromatic heterocycles. The van der Waals surface area contributed by atoms with E-state index in [1.54, 1.807) is 0 Å². The van der Waals surface area contributed by atoms with Crippen LogP contribution in [0.1, 0.15) is 46.0 Å². The molecule has 2 saturated heterocycles. The van der Waals surface area contributed by atoms with Gasteiger partial charge >= 0.3 is 0 Å². The Kier molecular flexibility index (Phi) is 5.01. The zero-order chi connectivity index (χ0) is 13.0. The first-order valence-electron chi connectivity index (χ1n) is 7.42. The van der Waals surface area contributed by atoms with E-state index >= 15 is 0 Å². The van der Waals surface area contributed by atoms with E-state index in [0.717, 1.165) is 13.0 Å². The SMILES string of the molecule is CC(C)N1CCCC(NCC2CCC(=O)N2)CC1. The average Bonchev–Trinajstić information content (AvgIpc) is 2.62. The smallest absolute Gasteiger partial charge is 0.220 e. The predicted molar refractivity (Wildman–Crippen MR) is 73.5 cm³/mol. The maximum Gasteiger partial charge on any atom is 0.220 e. The Labute approximate surface area is 110 Å². The molecule has 2 unspecified atom stereocenters. The van der Waals surface area contributed by atoms with Gasteiger partial charge in [-0.2, -0.15) is 0 Å². The Morgan fingerprint density at radius 3 is 2.83 bits per heavy atom. The van der Waals surface area contributed by atoms with Gasteiger partial charge in [-0.1, -0.05) is 0 Å². The molecule has 4 heteroatoms. The lowest BCUT2D eigenvalue weighted by Crippen LogP contribution is -2.41. The Morgan fingerprint density at radius 1 is 1.33 bits per heavy atom. The summed E-state index contributed by atoms with van der Waals surface area (Å²) in [6.45, 7) is 7.93. The highest BCUT2D eigenvalue weighted by atomic mass is 16.1. The highest BCUT2D eigenvalue weighted by Gasteiger charge is 2.23. The topological polar surface area (TPSA) is 44.4 Å². The Bertz CT molecular complexity index is 280. The second kappa shape index (κ2) is 6.53. The second-order valence-electron chi connectivity index (χ2n) is 5.97. The average molecular weight is 253 g/mol. The van der Waals surface area contributed by atoms with Crippen LogP contribution in [0.4, 0.5) is 0 Å².